The number of hydrogen-bond acceptors (Lipinski definition) is 3. The third kappa shape index (κ3) is 2.12. The number of piperidine rings is 1. The van der Waals surface area contributed by atoms with Crippen LogP contribution < -0.4 is 10.1 Å². The summed E-state index contributed by atoms with van der Waals surface area (Å²) in [7, 11) is 1.72. The van der Waals surface area contributed by atoms with Crippen LogP contribution in [-0.2, 0) is 0 Å². The van der Waals surface area contributed by atoms with Gasteiger partial charge in [-0.2, -0.15) is 0 Å². The second-order valence-electron chi connectivity index (χ2n) is 3.51. The first-order valence-electron chi connectivity index (χ1n) is 4.85. The third-order valence-corrected chi connectivity index (χ3v) is 4.71. The lowest BCUT2D eigenvalue weighted by atomic mass is 9.97. The Bertz CT molecular complexity index is 307. The van der Waals surface area contributed by atoms with Gasteiger partial charge in [0.25, 0.3) is 0 Å². The number of nitrogens with one attached hydrogen (secondary N) is 1. The van der Waals surface area contributed by atoms with E-state index in [9.17, 15) is 0 Å². The van der Waals surface area contributed by atoms with Crippen molar-refractivity contribution >= 4 is 27.3 Å². The van der Waals surface area contributed by atoms with E-state index in [-0.39, 0.29) is 0 Å². The number of halogens is 1. The normalized spacial score (nSPS) is 18.4. The molecular weight excluding hydrogens is 262 g/mol. The summed E-state index contributed by atoms with van der Waals surface area (Å²) in [5.74, 6) is 0.724. The first-order chi connectivity index (χ1) is 6.81. The molecule has 0 aromatic carbocycles. The van der Waals surface area contributed by atoms with Crippen LogP contribution in [0.25, 0.3) is 0 Å². The fraction of sp³-hybridized carbons (Fsp3) is 0.600. The monoisotopic (exact) mass is 275 g/mol. The maximum atomic E-state index is 5.27. The number of ether oxygens (including phenoxy) is 1. The second kappa shape index (κ2) is 4.64. The second-order valence-corrected chi connectivity index (χ2v) is 5.41. The molecule has 14 heavy (non-hydrogen) atoms. The van der Waals surface area contributed by atoms with Crippen LogP contribution in [0.15, 0.2) is 10.5 Å². The van der Waals surface area contributed by atoms with E-state index in [1.54, 1.807) is 18.4 Å². The van der Waals surface area contributed by atoms with Crippen molar-refractivity contribution in [3.05, 3.63) is 15.4 Å². The van der Waals surface area contributed by atoms with Gasteiger partial charge in [0.1, 0.15) is 0 Å². The van der Waals surface area contributed by atoms with E-state index in [0.717, 1.165) is 28.5 Å². The van der Waals surface area contributed by atoms with Crippen LogP contribution in [0.1, 0.15) is 23.6 Å². The molecule has 1 aliphatic rings. The molecule has 1 aromatic rings. The molecule has 4 heteroatoms. The van der Waals surface area contributed by atoms with Gasteiger partial charge in [0.2, 0.25) is 0 Å². The molecule has 0 unspecified atom stereocenters. The Morgan fingerprint density at radius 2 is 2.21 bits per heavy atom. The first kappa shape index (κ1) is 10.5. The Morgan fingerprint density at radius 1 is 1.50 bits per heavy atom. The zero-order valence-corrected chi connectivity index (χ0v) is 10.6. The van der Waals surface area contributed by atoms with E-state index >= 15 is 0 Å². The van der Waals surface area contributed by atoms with Crippen molar-refractivity contribution in [2.75, 3.05) is 20.2 Å². The topological polar surface area (TPSA) is 21.3 Å². The molecule has 1 fully saturated rings. The van der Waals surface area contributed by atoms with Crippen LogP contribution in [0.4, 0.5) is 0 Å². The lowest BCUT2D eigenvalue weighted by Gasteiger charge is -2.21. The molecule has 1 saturated heterocycles. The lowest BCUT2D eigenvalue weighted by molar-refractivity contribution is 0.425. The quantitative estimate of drug-likeness (QED) is 0.896. The van der Waals surface area contributed by atoms with Crippen LogP contribution in [0.3, 0.4) is 0 Å². The Balaban J connectivity index is 2.14. The van der Waals surface area contributed by atoms with E-state index in [1.165, 1.54) is 17.7 Å². The van der Waals surface area contributed by atoms with Crippen LogP contribution in [0, 0.1) is 0 Å². The highest BCUT2D eigenvalue weighted by molar-refractivity contribution is 9.10. The fourth-order valence-electron chi connectivity index (χ4n) is 1.82. The summed E-state index contributed by atoms with van der Waals surface area (Å²) in [6.45, 7) is 2.28. The summed E-state index contributed by atoms with van der Waals surface area (Å²) in [5, 5.41) is 4.38. The molecule has 0 saturated carbocycles. The average Bonchev–Trinajstić information content (AvgIpc) is 2.61. The smallest absolute Gasteiger partial charge is 0.188 e. The molecule has 0 amide bonds. The predicted molar refractivity (Wildman–Crippen MR) is 63.4 cm³/mol. The molecule has 0 spiro atoms. The first-order valence-corrected chi connectivity index (χ1v) is 6.46. The molecule has 2 rings (SSSR count). The summed E-state index contributed by atoms with van der Waals surface area (Å²) in [6, 6.07) is 2.21. The van der Waals surface area contributed by atoms with E-state index < -0.39 is 0 Å². The van der Waals surface area contributed by atoms with Gasteiger partial charge < -0.3 is 10.1 Å². The minimum absolute atomic E-state index is 0.724. The Morgan fingerprint density at radius 3 is 2.79 bits per heavy atom. The van der Waals surface area contributed by atoms with Gasteiger partial charge in [-0.3, -0.25) is 0 Å². The molecule has 1 aliphatic heterocycles. The van der Waals surface area contributed by atoms with Crippen molar-refractivity contribution in [1.29, 1.82) is 0 Å². The van der Waals surface area contributed by atoms with Crippen molar-refractivity contribution < 1.29 is 4.74 Å². The van der Waals surface area contributed by atoms with Gasteiger partial charge >= 0.3 is 0 Å². The Kier molecular flexibility index (Phi) is 3.47. The largest absolute Gasteiger partial charge is 0.486 e. The number of methoxy groups -OCH3 is 1. The summed E-state index contributed by atoms with van der Waals surface area (Å²) >= 11 is 5.28. The molecule has 0 bridgehead atoms. The summed E-state index contributed by atoms with van der Waals surface area (Å²) in [4.78, 5) is 1.45. The minimum Gasteiger partial charge on any atom is -0.486 e. The zero-order chi connectivity index (χ0) is 9.97. The van der Waals surface area contributed by atoms with Crippen molar-refractivity contribution in [1.82, 2.24) is 5.32 Å². The van der Waals surface area contributed by atoms with Gasteiger partial charge in [0.05, 0.1) is 11.6 Å². The van der Waals surface area contributed by atoms with Crippen LogP contribution >= 0.6 is 27.3 Å². The van der Waals surface area contributed by atoms with Crippen molar-refractivity contribution in [3.8, 4) is 5.06 Å². The molecule has 1 N–H and O–H groups in total. The highest BCUT2D eigenvalue weighted by Gasteiger charge is 2.19. The fourth-order valence-corrected chi connectivity index (χ4v) is 3.65. The van der Waals surface area contributed by atoms with Crippen LogP contribution in [-0.4, -0.2) is 20.2 Å². The molecule has 0 aliphatic carbocycles. The number of rotatable bonds is 2. The van der Waals surface area contributed by atoms with Crippen molar-refractivity contribution in [2.24, 2.45) is 0 Å². The SMILES string of the molecule is COc1sc(C2CCNCC2)cc1Br. The van der Waals surface area contributed by atoms with Gasteiger partial charge in [-0.15, -0.1) is 11.3 Å². The van der Waals surface area contributed by atoms with Gasteiger partial charge in [0, 0.05) is 4.88 Å². The summed E-state index contributed by atoms with van der Waals surface area (Å²) < 4.78 is 6.37. The van der Waals surface area contributed by atoms with Crippen LogP contribution in [0.5, 0.6) is 5.06 Å². The van der Waals surface area contributed by atoms with Crippen molar-refractivity contribution in [3.63, 3.8) is 0 Å². The molecule has 0 radical (unpaired) electrons. The highest BCUT2D eigenvalue weighted by atomic mass is 79.9. The third-order valence-electron chi connectivity index (χ3n) is 2.60. The summed E-state index contributed by atoms with van der Waals surface area (Å²) in [5.41, 5.74) is 0. The Labute approximate surface area is 96.8 Å². The number of hydrogen-bond donors (Lipinski definition) is 1. The van der Waals surface area contributed by atoms with Crippen molar-refractivity contribution in [2.45, 2.75) is 18.8 Å². The Hall–Kier alpha value is -0.0600. The molecule has 2 heterocycles. The molecule has 0 atom stereocenters. The highest BCUT2D eigenvalue weighted by Crippen LogP contribution is 2.40. The maximum absolute atomic E-state index is 5.27. The minimum atomic E-state index is 0.724. The average molecular weight is 276 g/mol. The van der Waals surface area contributed by atoms with E-state index in [0.29, 0.717) is 0 Å². The standard InChI is InChI=1S/C10H14BrNOS/c1-13-10-8(11)6-9(14-10)7-2-4-12-5-3-7/h6-7,12H,2-5H2,1H3. The molecule has 78 valence electrons. The van der Waals surface area contributed by atoms with Gasteiger partial charge in [0.15, 0.2) is 5.06 Å². The van der Waals surface area contributed by atoms with Crippen LogP contribution in [0.2, 0.25) is 0 Å². The van der Waals surface area contributed by atoms with Gasteiger partial charge in [-0.25, -0.2) is 0 Å². The zero-order valence-electron chi connectivity index (χ0n) is 8.18. The predicted octanol–water partition coefficient (Wildman–Crippen LogP) is 2.99. The van der Waals surface area contributed by atoms with E-state index in [1.807, 2.05) is 0 Å². The molecule has 1 aromatic heterocycles. The lowest BCUT2D eigenvalue weighted by Crippen LogP contribution is -2.26. The van der Waals surface area contributed by atoms with E-state index in [4.69, 9.17) is 4.74 Å². The van der Waals surface area contributed by atoms with Gasteiger partial charge in [-0.1, -0.05) is 0 Å². The van der Waals surface area contributed by atoms with E-state index in [2.05, 4.69) is 27.3 Å². The number of thiophene rings is 1. The summed E-state index contributed by atoms with van der Waals surface area (Å²) in [6.07, 6.45) is 2.49. The van der Waals surface area contributed by atoms with Gasteiger partial charge in [-0.05, 0) is 53.8 Å². The molecule has 2 nitrogen and oxygen atoms in total. The maximum Gasteiger partial charge on any atom is 0.188 e. The molecular formula is C10H14BrNOS.